The third-order valence-corrected chi connectivity index (χ3v) is 2.93. The molecule has 4 nitrogen and oxygen atoms in total. The van der Waals surface area contributed by atoms with Gasteiger partial charge in [0.05, 0.1) is 5.52 Å². The summed E-state index contributed by atoms with van der Waals surface area (Å²) in [7, 11) is 1.70. The van der Waals surface area contributed by atoms with Gasteiger partial charge in [-0.15, -0.1) is 4.91 Å². The molecule has 1 aromatic carbocycles. The minimum Gasteiger partial charge on any atom is -0.493 e. The molecule has 0 spiro atoms. The Kier molecular flexibility index (Phi) is 2.26. The summed E-state index contributed by atoms with van der Waals surface area (Å²) in [6, 6.07) is 3.70. The number of fused-ring (bicyclic) bond motifs is 1. The van der Waals surface area contributed by atoms with E-state index in [4.69, 9.17) is 0 Å². The lowest BCUT2D eigenvalue weighted by molar-refractivity contribution is 0.436. The van der Waals surface area contributed by atoms with E-state index in [2.05, 4.69) is 21.1 Å². The van der Waals surface area contributed by atoms with Gasteiger partial charge < -0.3 is 9.67 Å². The Morgan fingerprint density at radius 2 is 2.13 bits per heavy atom. The van der Waals surface area contributed by atoms with E-state index in [0.29, 0.717) is 5.39 Å². The predicted octanol–water partition coefficient (Wildman–Crippen LogP) is 3.35. The molecule has 0 aliphatic heterocycles. The number of benzene rings is 1. The average Bonchev–Trinajstić information content (AvgIpc) is 2.39. The second-order valence-electron chi connectivity index (χ2n) is 3.44. The second kappa shape index (κ2) is 3.34. The highest BCUT2D eigenvalue weighted by molar-refractivity contribution is 9.10. The first-order chi connectivity index (χ1) is 7.06. The molecular formula is C10H9BrN2O2. The quantitative estimate of drug-likeness (QED) is 0.807. The summed E-state index contributed by atoms with van der Waals surface area (Å²) >= 11 is 3.35. The Labute approximate surface area is 94.6 Å². The van der Waals surface area contributed by atoms with Crippen LogP contribution in [-0.2, 0) is 7.05 Å². The average molecular weight is 269 g/mol. The molecule has 2 aromatic rings. The number of rotatable bonds is 1. The van der Waals surface area contributed by atoms with Crippen LogP contribution in [0.4, 0.5) is 5.69 Å². The van der Waals surface area contributed by atoms with Crippen LogP contribution in [0.2, 0.25) is 0 Å². The highest BCUT2D eigenvalue weighted by atomic mass is 79.9. The molecule has 2 rings (SSSR count). The predicted molar refractivity (Wildman–Crippen MR) is 62.5 cm³/mol. The highest BCUT2D eigenvalue weighted by Gasteiger charge is 2.17. The third kappa shape index (κ3) is 1.34. The molecule has 0 saturated carbocycles. The fourth-order valence-corrected chi connectivity index (χ4v) is 2.41. The fourth-order valence-electron chi connectivity index (χ4n) is 1.84. The Morgan fingerprint density at radius 1 is 1.47 bits per heavy atom. The van der Waals surface area contributed by atoms with Gasteiger partial charge in [-0.05, 0) is 29.8 Å². The van der Waals surface area contributed by atoms with E-state index in [-0.39, 0.29) is 11.6 Å². The molecule has 0 radical (unpaired) electrons. The molecule has 5 heteroatoms. The molecule has 0 unspecified atom stereocenters. The van der Waals surface area contributed by atoms with Crippen molar-refractivity contribution in [1.82, 2.24) is 4.57 Å². The second-order valence-corrected chi connectivity index (χ2v) is 4.36. The number of nitroso groups, excluding NO2 is 1. The number of aryl methyl sites for hydroxylation is 2. The SMILES string of the molecule is Cc1cc(Br)cc2c(N=O)c(O)n(C)c12. The molecule has 0 saturated heterocycles. The molecule has 0 amide bonds. The molecular weight excluding hydrogens is 260 g/mol. The van der Waals surface area contributed by atoms with Gasteiger partial charge in [0.2, 0.25) is 5.88 Å². The monoisotopic (exact) mass is 268 g/mol. The summed E-state index contributed by atoms with van der Waals surface area (Å²) in [4.78, 5) is 10.6. The smallest absolute Gasteiger partial charge is 0.222 e. The summed E-state index contributed by atoms with van der Waals surface area (Å²) in [6.07, 6.45) is 0. The van der Waals surface area contributed by atoms with Crippen molar-refractivity contribution in [3.05, 3.63) is 27.1 Å². The highest BCUT2D eigenvalue weighted by Crippen LogP contribution is 2.40. The van der Waals surface area contributed by atoms with Crippen molar-refractivity contribution >= 4 is 32.5 Å². The van der Waals surface area contributed by atoms with E-state index >= 15 is 0 Å². The zero-order valence-corrected chi connectivity index (χ0v) is 9.87. The minimum atomic E-state index is -0.0961. The van der Waals surface area contributed by atoms with Crippen LogP contribution in [0.5, 0.6) is 5.88 Å². The van der Waals surface area contributed by atoms with Crippen LogP contribution in [0.1, 0.15) is 5.56 Å². The number of hydrogen-bond acceptors (Lipinski definition) is 3. The maximum atomic E-state index is 10.6. The van der Waals surface area contributed by atoms with E-state index in [1.165, 1.54) is 0 Å². The first-order valence-corrected chi connectivity index (χ1v) is 5.16. The van der Waals surface area contributed by atoms with E-state index in [9.17, 15) is 10.0 Å². The van der Waals surface area contributed by atoms with E-state index in [1.54, 1.807) is 17.7 Å². The van der Waals surface area contributed by atoms with Crippen LogP contribution < -0.4 is 0 Å². The summed E-state index contributed by atoms with van der Waals surface area (Å²) in [5, 5.41) is 13.2. The van der Waals surface area contributed by atoms with Crippen molar-refractivity contribution in [2.24, 2.45) is 12.2 Å². The van der Waals surface area contributed by atoms with Gasteiger partial charge in [-0.2, -0.15) is 0 Å². The Morgan fingerprint density at radius 3 is 2.73 bits per heavy atom. The molecule has 0 fully saturated rings. The lowest BCUT2D eigenvalue weighted by Crippen LogP contribution is -1.88. The molecule has 0 aliphatic rings. The first-order valence-electron chi connectivity index (χ1n) is 4.37. The fraction of sp³-hybridized carbons (Fsp3) is 0.200. The van der Waals surface area contributed by atoms with Gasteiger partial charge in [0.1, 0.15) is 0 Å². The Balaban J connectivity index is 3.03. The van der Waals surface area contributed by atoms with E-state index in [1.807, 2.05) is 13.0 Å². The summed E-state index contributed by atoms with van der Waals surface area (Å²) in [5.41, 5.74) is 1.90. The third-order valence-electron chi connectivity index (χ3n) is 2.48. The van der Waals surface area contributed by atoms with Gasteiger partial charge in [-0.25, -0.2) is 0 Å². The van der Waals surface area contributed by atoms with Crippen molar-refractivity contribution in [3.8, 4) is 5.88 Å². The van der Waals surface area contributed by atoms with Crippen LogP contribution in [0.25, 0.3) is 10.9 Å². The van der Waals surface area contributed by atoms with Gasteiger partial charge in [0.25, 0.3) is 0 Å². The number of aromatic nitrogens is 1. The summed E-state index contributed by atoms with van der Waals surface area (Å²) in [6.45, 7) is 1.92. The lowest BCUT2D eigenvalue weighted by Gasteiger charge is -2.01. The van der Waals surface area contributed by atoms with E-state index < -0.39 is 0 Å². The molecule has 1 heterocycles. The van der Waals surface area contributed by atoms with Crippen molar-refractivity contribution in [1.29, 1.82) is 0 Å². The standard InChI is InChI=1S/C10H9BrN2O2/c1-5-3-6(11)4-7-8(12-15)10(14)13(2)9(5)7/h3-4,14H,1-2H3. The van der Waals surface area contributed by atoms with Crippen LogP contribution in [-0.4, -0.2) is 9.67 Å². The van der Waals surface area contributed by atoms with Crippen molar-refractivity contribution in [2.45, 2.75) is 6.92 Å². The van der Waals surface area contributed by atoms with Gasteiger partial charge in [0.15, 0.2) is 5.69 Å². The number of nitrogens with zero attached hydrogens (tertiary/aromatic N) is 2. The van der Waals surface area contributed by atoms with E-state index in [0.717, 1.165) is 15.6 Å². The topological polar surface area (TPSA) is 54.6 Å². The summed E-state index contributed by atoms with van der Waals surface area (Å²) < 4.78 is 2.43. The van der Waals surface area contributed by atoms with Crippen molar-refractivity contribution < 1.29 is 5.11 Å². The zero-order chi connectivity index (χ0) is 11.2. The van der Waals surface area contributed by atoms with Crippen molar-refractivity contribution in [3.63, 3.8) is 0 Å². The zero-order valence-electron chi connectivity index (χ0n) is 8.28. The first kappa shape index (κ1) is 10.2. The van der Waals surface area contributed by atoms with Crippen LogP contribution >= 0.6 is 15.9 Å². The molecule has 0 bridgehead atoms. The van der Waals surface area contributed by atoms with Crippen LogP contribution in [0.3, 0.4) is 0 Å². The molecule has 1 N–H and O–H groups in total. The molecule has 15 heavy (non-hydrogen) atoms. The molecule has 1 aromatic heterocycles. The molecule has 78 valence electrons. The number of hydrogen-bond donors (Lipinski definition) is 1. The molecule has 0 aliphatic carbocycles. The maximum Gasteiger partial charge on any atom is 0.222 e. The van der Waals surface area contributed by atoms with Crippen LogP contribution in [0, 0.1) is 11.8 Å². The molecule has 0 atom stereocenters. The van der Waals surface area contributed by atoms with Gasteiger partial charge in [-0.1, -0.05) is 15.9 Å². The van der Waals surface area contributed by atoms with Crippen LogP contribution in [0.15, 0.2) is 21.8 Å². The van der Waals surface area contributed by atoms with Crippen molar-refractivity contribution in [2.75, 3.05) is 0 Å². The number of halogens is 1. The van der Waals surface area contributed by atoms with Gasteiger partial charge in [-0.3, -0.25) is 0 Å². The van der Waals surface area contributed by atoms with Gasteiger partial charge >= 0.3 is 0 Å². The van der Waals surface area contributed by atoms with Gasteiger partial charge in [0, 0.05) is 16.9 Å². The maximum absolute atomic E-state index is 10.6. The minimum absolute atomic E-state index is 0.0944. The Hall–Kier alpha value is -1.36. The lowest BCUT2D eigenvalue weighted by atomic mass is 10.1. The normalized spacial score (nSPS) is 10.9. The summed E-state index contributed by atoms with van der Waals surface area (Å²) in [5.74, 6) is -0.0961. The Bertz CT molecular complexity index is 560. The number of aromatic hydroxyl groups is 1. The largest absolute Gasteiger partial charge is 0.493 e.